The van der Waals surface area contributed by atoms with Crippen LogP contribution in [0.4, 0.5) is 0 Å². The summed E-state index contributed by atoms with van der Waals surface area (Å²) in [5.41, 5.74) is 2.84. The normalized spacial score (nSPS) is 27.3. The number of hydrogen-bond acceptors (Lipinski definition) is 4. The van der Waals surface area contributed by atoms with E-state index in [0.717, 1.165) is 25.4 Å². The Balaban J connectivity index is 2.27. The van der Waals surface area contributed by atoms with Gasteiger partial charge in [-0.3, -0.25) is 11.3 Å². The van der Waals surface area contributed by atoms with Crippen LogP contribution in [0.15, 0.2) is 0 Å². The molecule has 0 saturated carbocycles. The van der Waals surface area contributed by atoms with Gasteiger partial charge in [-0.1, -0.05) is 0 Å². The third-order valence-corrected chi connectivity index (χ3v) is 2.79. The van der Waals surface area contributed by atoms with Crippen molar-refractivity contribution in [1.82, 2.24) is 5.43 Å². The fourth-order valence-corrected chi connectivity index (χ4v) is 2.10. The van der Waals surface area contributed by atoms with Crippen LogP contribution in [0.5, 0.6) is 0 Å². The lowest BCUT2D eigenvalue weighted by Crippen LogP contribution is -2.43. The highest BCUT2D eigenvalue weighted by Crippen LogP contribution is 2.18. The van der Waals surface area contributed by atoms with Crippen LogP contribution in [0.2, 0.25) is 0 Å². The predicted octanol–water partition coefficient (Wildman–Crippen LogP) is 0.218. The Kier molecular flexibility index (Phi) is 4.22. The van der Waals surface area contributed by atoms with Crippen molar-refractivity contribution in [1.29, 1.82) is 0 Å². The molecule has 0 radical (unpaired) electrons. The van der Waals surface area contributed by atoms with Crippen molar-refractivity contribution >= 4 is 11.8 Å². The predicted molar refractivity (Wildman–Crippen MR) is 48.4 cm³/mol. The van der Waals surface area contributed by atoms with Crippen molar-refractivity contribution < 1.29 is 4.74 Å². The van der Waals surface area contributed by atoms with Crippen LogP contribution in [0.1, 0.15) is 6.42 Å². The van der Waals surface area contributed by atoms with E-state index in [1.54, 1.807) is 0 Å². The minimum Gasteiger partial charge on any atom is -0.381 e. The van der Waals surface area contributed by atoms with Crippen molar-refractivity contribution in [3.63, 3.8) is 0 Å². The average Bonchev–Trinajstić information content (AvgIpc) is 2.52. The van der Waals surface area contributed by atoms with Crippen LogP contribution in [0.25, 0.3) is 0 Å². The molecule has 1 fully saturated rings. The molecule has 3 N–H and O–H groups in total. The molecule has 2 unspecified atom stereocenters. The van der Waals surface area contributed by atoms with Crippen molar-refractivity contribution in [2.75, 3.05) is 25.2 Å². The zero-order valence-corrected chi connectivity index (χ0v) is 7.69. The van der Waals surface area contributed by atoms with E-state index in [2.05, 4.69) is 11.7 Å². The Bertz CT molecular complexity index is 107. The quantitative estimate of drug-likeness (QED) is 0.475. The Labute approximate surface area is 72.0 Å². The lowest BCUT2D eigenvalue weighted by molar-refractivity contribution is 0.179. The summed E-state index contributed by atoms with van der Waals surface area (Å²) in [6, 6.07) is 0.424. The molecule has 2 atom stereocenters. The molecule has 0 spiro atoms. The first-order valence-corrected chi connectivity index (χ1v) is 5.30. The number of hydrazine groups is 1. The summed E-state index contributed by atoms with van der Waals surface area (Å²) in [5.74, 6) is 7.11. The standard InChI is InChI=1S/C7H16N2OS/c1-11-5-7(9-8)6-2-3-10-4-6/h6-7,9H,2-5,8H2,1H3. The van der Waals surface area contributed by atoms with Gasteiger partial charge in [0.1, 0.15) is 0 Å². The lowest BCUT2D eigenvalue weighted by Gasteiger charge is -2.19. The molecule has 1 saturated heterocycles. The van der Waals surface area contributed by atoms with Crippen LogP contribution in [-0.4, -0.2) is 31.3 Å². The first-order valence-electron chi connectivity index (χ1n) is 3.91. The summed E-state index contributed by atoms with van der Waals surface area (Å²) in [5, 5.41) is 0. The van der Waals surface area contributed by atoms with Gasteiger partial charge < -0.3 is 4.74 Å². The summed E-state index contributed by atoms with van der Waals surface area (Å²) >= 11 is 1.82. The zero-order chi connectivity index (χ0) is 8.10. The molecular weight excluding hydrogens is 160 g/mol. The summed E-state index contributed by atoms with van der Waals surface area (Å²) in [4.78, 5) is 0. The highest BCUT2D eigenvalue weighted by Gasteiger charge is 2.23. The topological polar surface area (TPSA) is 47.3 Å². The first kappa shape index (κ1) is 9.32. The van der Waals surface area contributed by atoms with Crippen molar-refractivity contribution in [2.45, 2.75) is 12.5 Å². The van der Waals surface area contributed by atoms with Gasteiger partial charge in [-0.05, 0) is 12.7 Å². The van der Waals surface area contributed by atoms with Gasteiger partial charge in [0, 0.05) is 24.3 Å². The largest absolute Gasteiger partial charge is 0.381 e. The molecule has 1 heterocycles. The van der Waals surface area contributed by atoms with Crippen LogP contribution in [0.3, 0.4) is 0 Å². The first-order chi connectivity index (χ1) is 5.38. The number of ether oxygens (including phenoxy) is 1. The second-order valence-corrected chi connectivity index (χ2v) is 3.76. The van der Waals surface area contributed by atoms with Gasteiger partial charge in [0.15, 0.2) is 0 Å². The van der Waals surface area contributed by atoms with E-state index in [9.17, 15) is 0 Å². The Morgan fingerprint density at radius 3 is 3.09 bits per heavy atom. The maximum Gasteiger partial charge on any atom is 0.0510 e. The zero-order valence-electron chi connectivity index (χ0n) is 6.88. The molecule has 1 rings (SSSR count). The Hall–Kier alpha value is 0.230. The number of nitrogens with two attached hydrogens (primary N) is 1. The number of thioether (sulfide) groups is 1. The van der Waals surface area contributed by atoms with Crippen molar-refractivity contribution in [2.24, 2.45) is 11.8 Å². The van der Waals surface area contributed by atoms with Crippen LogP contribution in [-0.2, 0) is 4.74 Å². The molecule has 0 aromatic rings. The fraction of sp³-hybridized carbons (Fsp3) is 1.00. The number of nitrogens with one attached hydrogen (secondary N) is 1. The van der Waals surface area contributed by atoms with Gasteiger partial charge in [-0.25, -0.2) is 0 Å². The summed E-state index contributed by atoms with van der Waals surface area (Å²) < 4.78 is 5.28. The smallest absolute Gasteiger partial charge is 0.0510 e. The van der Waals surface area contributed by atoms with Gasteiger partial charge in [0.05, 0.1) is 6.61 Å². The van der Waals surface area contributed by atoms with Gasteiger partial charge in [-0.2, -0.15) is 11.8 Å². The fourth-order valence-electron chi connectivity index (χ4n) is 1.37. The maximum atomic E-state index is 5.42. The minimum absolute atomic E-state index is 0.424. The Morgan fingerprint density at radius 2 is 2.64 bits per heavy atom. The summed E-state index contributed by atoms with van der Waals surface area (Å²) in [6.45, 7) is 1.77. The average molecular weight is 176 g/mol. The molecule has 3 nitrogen and oxygen atoms in total. The van der Waals surface area contributed by atoms with E-state index in [1.807, 2.05) is 11.8 Å². The Morgan fingerprint density at radius 1 is 1.82 bits per heavy atom. The molecule has 11 heavy (non-hydrogen) atoms. The molecule has 0 aromatic heterocycles. The van der Waals surface area contributed by atoms with Gasteiger partial charge >= 0.3 is 0 Å². The van der Waals surface area contributed by atoms with Crippen molar-refractivity contribution in [3.05, 3.63) is 0 Å². The maximum absolute atomic E-state index is 5.42. The molecule has 0 aromatic carbocycles. The molecule has 66 valence electrons. The molecule has 0 amide bonds. The second-order valence-electron chi connectivity index (χ2n) is 2.85. The molecular formula is C7H16N2OS. The molecule has 0 bridgehead atoms. The van der Waals surface area contributed by atoms with Crippen molar-refractivity contribution in [3.8, 4) is 0 Å². The van der Waals surface area contributed by atoms with Crippen LogP contribution < -0.4 is 11.3 Å². The van der Waals surface area contributed by atoms with E-state index < -0.39 is 0 Å². The molecule has 1 aliphatic rings. The van der Waals surface area contributed by atoms with Crippen LogP contribution in [0, 0.1) is 5.92 Å². The minimum atomic E-state index is 0.424. The molecule has 0 aliphatic carbocycles. The van der Waals surface area contributed by atoms with E-state index in [1.165, 1.54) is 0 Å². The third kappa shape index (κ3) is 2.63. The van der Waals surface area contributed by atoms with E-state index in [4.69, 9.17) is 10.6 Å². The van der Waals surface area contributed by atoms with E-state index in [-0.39, 0.29) is 0 Å². The van der Waals surface area contributed by atoms with Gasteiger partial charge in [0.25, 0.3) is 0 Å². The highest BCUT2D eigenvalue weighted by atomic mass is 32.2. The lowest BCUT2D eigenvalue weighted by atomic mass is 10.0. The van der Waals surface area contributed by atoms with Crippen LogP contribution >= 0.6 is 11.8 Å². The third-order valence-electron chi connectivity index (χ3n) is 2.09. The second kappa shape index (κ2) is 4.98. The van der Waals surface area contributed by atoms with E-state index in [0.29, 0.717) is 12.0 Å². The highest BCUT2D eigenvalue weighted by molar-refractivity contribution is 7.98. The number of hydrogen-bond donors (Lipinski definition) is 2. The summed E-state index contributed by atoms with van der Waals surface area (Å²) in [7, 11) is 0. The molecule has 1 aliphatic heterocycles. The van der Waals surface area contributed by atoms with Gasteiger partial charge in [-0.15, -0.1) is 0 Å². The summed E-state index contributed by atoms with van der Waals surface area (Å²) in [6.07, 6.45) is 3.25. The monoisotopic (exact) mass is 176 g/mol. The SMILES string of the molecule is CSCC(NN)C1CCOC1. The van der Waals surface area contributed by atoms with E-state index >= 15 is 0 Å². The number of rotatable bonds is 4. The van der Waals surface area contributed by atoms with Gasteiger partial charge in [0.2, 0.25) is 0 Å². The molecule has 4 heteroatoms.